The van der Waals surface area contributed by atoms with Crippen LogP contribution in [0, 0.1) is 0 Å². The number of hydrogen-bond acceptors (Lipinski definition) is 2. The summed E-state index contributed by atoms with van der Waals surface area (Å²) in [5.74, 6) is 0. The van der Waals surface area contributed by atoms with Crippen LogP contribution in [0.5, 0.6) is 0 Å². The van der Waals surface area contributed by atoms with Crippen molar-refractivity contribution in [2.24, 2.45) is 0 Å². The highest BCUT2D eigenvalue weighted by Gasteiger charge is 2.11. The molecule has 1 unspecified atom stereocenters. The van der Waals surface area contributed by atoms with Crippen molar-refractivity contribution in [1.82, 2.24) is 10.2 Å². The van der Waals surface area contributed by atoms with E-state index < -0.39 is 0 Å². The molecule has 1 atom stereocenters. The quantitative estimate of drug-likeness (QED) is 0.582. The summed E-state index contributed by atoms with van der Waals surface area (Å²) in [6.07, 6.45) is 10.0. The largest absolute Gasteiger partial charge is 0.320 e. The van der Waals surface area contributed by atoms with E-state index in [4.69, 9.17) is 0 Å². The van der Waals surface area contributed by atoms with E-state index in [0.717, 1.165) is 25.1 Å². The van der Waals surface area contributed by atoms with Gasteiger partial charge in [-0.3, -0.25) is 0 Å². The molecule has 0 aromatic carbocycles. The third-order valence-electron chi connectivity index (χ3n) is 3.53. The lowest BCUT2D eigenvalue weighted by atomic mass is 10.1. The molecule has 0 rings (SSSR count). The lowest BCUT2D eigenvalue weighted by molar-refractivity contribution is 0.226. The van der Waals surface area contributed by atoms with E-state index in [-0.39, 0.29) is 0 Å². The average Bonchev–Trinajstić information content (AvgIpc) is 2.50. The predicted molar refractivity (Wildman–Crippen MR) is 98.9 cm³/mol. The van der Waals surface area contributed by atoms with Crippen molar-refractivity contribution >= 4 is 0 Å². The fourth-order valence-corrected chi connectivity index (χ4v) is 2.11. The molecule has 2 heteroatoms. The van der Waals surface area contributed by atoms with Crippen LogP contribution in [-0.2, 0) is 0 Å². The van der Waals surface area contributed by atoms with Crippen LogP contribution >= 0.6 is 0 Å². The molecule has 0 aliphatic heterocycles. The van der Waals surface area contributed by atoms with Gasteiger partial charge in [-0.1, -0.05) is 56.7 Å². The Kier molecular flexibility index (Phi) is 16.6. The van der Waals surface area contributed by atoms with Gasteiger partial charge in [0.2, 0.25) is 0 Å². The van der Waals surface area contributed by atoms with E-state index in [2.05, 4.69) is 55.9 Å². The highest BCUT2D eigenvalue weighted by Crippen LogP contribution is 2.11. The van der Waals surface area contributed by atoms with E-state index in [0.29, 0.717) is 6.04 Å². The van der Waals surface area contributed by atoms with Crippen molar-refractivity contribution in [3.8, 4) is 0 Å². The first-order valence-electron chi connectivity index (χ1n) is 8.38. The number of nitrogens with zero attached hydrogens (tertiary/aromatic N) is 1. The second-order valence-corrected chi connectivity index (χ2v) is 5.23. The van der Waals surface area contributed by atoms with Gasteiger partial charge >= 0.3 is 0 Å². The van der Waals surface area contributed by atoms with Gasteiger partial charge in [0.05, 0.1) is 0 Å². The van der Waals surface area contributed by atoms with E-state index in [1.54, 1.807) is 0 Å². The van der Waals surface area contributed by atoms with Crippen LogP contribution in [0.3, 0.4) is 0 Å². The molecule has 0 radical (unpaired) electrons. The summed E-state index contributed by atoms with van der Waals surface area (Å²) in [7, 11) is 4.26. The summed E-state index contributed by atoms with van der Waals surface area (Å²) in [4.78, 5) is 2.48. The molecule has 0 aliphatic rings. The second kappa shape index (κ2) is 15.5. The topological polar surface area (TPSA) is 15.3 Å². The lowest BCUT2D eigenvalue weighted by Crippen LogP contribution is -2.34. The minimum atomic E-state index is 0.677. The normalized spacial score (nSPS) is 13.2. The highest BCUT2D eigenvalue weighted by atomic mass is 15.1. The van der Waals surface area contributed by atoms with Crippen LogP contribution in [0.2, 0.25) is 0 Å². The summed E-state index contributed by atoms with van der Waals surface area (Å²) in [6.45, 7) is 16.5. The Balaban J connectivity index is 0. The van der Waals surface area contributed by atoms with Crippen molar-refractivity contribution in [3.05, 3.63) is 36.0 Å². The van der Waals surface area contributed by atoms with Gasteiger partial charge < -0.3 is 10.2 Å². The first kappa shape index (κ1) is 22.4. The summed E-state index contributed by atoms with van der Waals surface area (Å²) < 4.78 is 0. The monoisotopic (exact) mass is 294 g/mol. The number of nitrogens with one attached hydrogen (secondary N) is 1. The molecule has 0 saturated carbocycles. The molecule has 0 saturated heterocycles. The zero-order valence-corrected chi connectivity index (χ0v) is 15.5. The first-order valence-corrected chi connectivity index (χ1v) is 8.38. The molecule has 0 spiro atoms. The van der Waals surface area contributed by atoms with E-state index >= 15 is 0 Å². The van der Waals surface area contributed by atoms with Crippen LogP contribution in [0.4, 0.5) is 0 Å². The molecule has 0 aromatic heterocycles. The van der Waals surface area contributed by atoms with E-state index in [9.17, 15) is 0 Å². The maximum atomic E-state index is 3.90. The van der Waals surface area contributed by atoms with Gasteiger partial charge in [0, 0.05) is 12.6 Å². The maximum absolute atomic E-state index is 3.90. The second-order valence-electron chi connectivity index (χ2n) is 5.23. The zero-order chi connectivity index (χ0) is 16.7. The van der Waals surface area contributed by atoms with Crippen molar-refractivity contribution in [3.63, 3.8) is 0 Å². The third kappa shape index (κ3) is 12.6. The van der Waals surface area contributed by atoms with Gasteiger partial charge in [-0.2, -0.15) is 0 Å². The molecule has 21 heavy (non-hydrogen) atoms. The molecular weight excluding hydrogens is 256 g/mol. The van der Waals surface area contributed by atoms with Crippen molar-refractivity contribution < 1.29 is 0 Å². The molecule has 124 valence electrons. The first-order chi connectivity index (χ1) is 10.0. The number of rotatable bonds is 10. The zero-order valence-electron chi connectivity index (χ0n) is 15.5. The van der Waals surface area contributed by atoms with Crippen molar-refractivity contribution in [1.29, 1.82) is 0 Å². The summed E-state index contributed by atoms with van der Waals surface area (Å²) in [6, 6.07) is 0.677. The Hall–Kier alpha value is -0.860. The van der Waals surface area contributed by atoms with Crippen LogP contribution in [0.15, 0.2) is 36.0 Å². The van der Waals surface area contributed by atoms with Crippen LogP contribution in [-0.4, -0.2) is 38.1 Å². The Morgan fingerprint density at radius 3 is 2.33 bits per heavy atom. The summed E-state index contributed by atoms with van der Waals surface area (Å²) in [5, 5.41) is 3.24. The van der Waals surface area contributed by atoms with Gasteiger partial charge in [0.1, 0.15) is 0 Å². The fourth-order valence-electron chi connectivity index (χ4n) is 2.11. The molecular formula is C19H38N2. The minimum absolute atomic E-state index is 0.677. The Morgan fingerprint density at radius 2 is 1.90 bits per heavy atom. The SMILES string of the molecule is C=C(C)/C=C\C(=C/C)CCN(C)C(CC)CCNC.CC. The van der Waals surface area contributed by atoms with Crippen LogP contribution in [0.25, 0.3) is 0 Å². The van der Waals surface area contributed by atoms with Gasteiger partial charge in [-0.05, 0) is 53.8 Å². The van der Waals surface area contributed by atoms with Gasteiger partial charge in [-0.25, -0.2) is 0 Å². The fraction of sp³-hybridized carbons (Fsp3) is 0.684. The summed E-state index contributed by atoms with van der Waals surface area (Å²) in [5.41, 5.74) is 2.49. The third-order valence-corrected chi connectivity index (χ3v) is 3.53. The van der Waals surface area contributed by atoms with Crippen LogP contribution in [0.1, 0.15) is 53.9 Å². The standard InChI is InChI=1S/C17H32N2.C2H6/c1-7-16(10-9-15(3)4)12-14-19(6)17(8-2)11-13-18-5;1-2/h7,9-10,17-18H,3,8,11-14H2,1-2,4-6H3;1-2H3/b10-9-,16-7+;. The molecule has 2 nitrogen and oxygen atoms in total. The molecule has 0 amide bonds. The molecule has 1 N–H and O–H groups in total. The molecule has 0 fully saturated rings. The summed E-state index contributed by atoms with van der Waals surface area (Å²) >= 11 is 0. The van der Waals surface area contributed by atoms with Gasteiger partial charge in [0.15, 0.2) is 0 Å². The smallest absolute Gasteiger partial charge is 0.0102 e. The van der Waals surface area contributed by atoms with Crippen LogP contribution < -0.4 is 5.32 Å². The molecule has 0 bridgehead atoms. The molecule has 0 aliphatic carbocycles. The lowest BCUT2D eigenvalue weighted by Gasteiger charge is -2.27. The Morgan fingerprint density at radius 1 is 1.29 bits per heavy atom. The van der Waals surface area contributed by atoms with Crippen molar-refractivity contribution in [2.45, 2.75) is 59.9 Å². The Labute approximate surface area is 134 Å². The highest BCUT2D eigenvalue weighted by molar-refractivity contribution is 5.24. The minimum Gasteiger partial charge on any atom is -0.320 e. The van der Waals surface area contributed by atoms with E-state index in [1.165, 1.54) is 18.4 Å². The number of hydrogen-bond donors (Lipinski definition) is 1. The molecule has 0 heterocycles. The van der Waals surface area contributed by atoms with Crippen molar-refractivity contribution in [2.75, 3.05) is 27.2 Å². The molecule has 0 aromatic rings. The average molecular weight is 295 g/mol. The maximum Gasteiger partial charge on any atom is 0.0102 e. The van der Waals surface area contributed by atoms with Gasteiger partial charge in [0.25, 0.3) is 0 Å². The Bertz CT molecular complexity index is 303. The predicted octanol–water partition coefficient (Wildman–Crippen LogP) is 4.80. The van der Waals surface area contributed by atoms with E-state index in [1.807, 2.05) is 27.8 Å². The van der Waals surface area contributed by atoms with Gasteiger partial charge in [-0.15, -0.1) is 0 Å². The number of allylic oxidation sites excluding steroid dienone is 4.